The zero-order chi connectivity index (χ0) is 15.6. The summed E-state index contributed by atoms with van der Waals surface area (Å²) in [6.45, 7) is 8.05. The summed E-state index contributed by atoms with van der Waals surface area (Å²) in [7, 11) is 0. The SMILES string of the molecule is CCCC1C(=O)NC(C)C(=O)N1Cc1ncnn1C(C)C. The van der Waals surface area contributed by atoms with E-state index in [-0.39, 0.29) is 17.9 Å². The molecule has 0 saturated carbocycles. The molecule has 1 N–H and O–H groups in total. The number of carbonyl (C=O) groups excluding carboxylic acids is 2. The molecule has 2 heterocycles. The van der Waals surface area contributed by atoms with Crippen LogP contribution in [-0.2, 0) is 16.1 Å². The van der Waals surface area contributed by atoms with Crippen LogP contribution in [0.3, 0.4) is 0 Å². The zero-order valence-corrected chi connectivity index (χ0v) is 13.0. The van der Waals surface area contributed by atoms with Crippen LogP contribution in [0, 0.1) is 0 Å². The molecule has 2 amide bonds. The van der Waals surface area contributed by atoms with Crippen LogP contribution in [0.1, 0.15) is 52.4 Å². The van der Waals surface area contributed by atoms with E-state index in [4.69, 9.17) is 0 Å². The van der Waals surface area contributed by atoms with Gasteiger partial charge in [0, 0.05) is 6.04 Å². The highest BCUT2D eigenvalue weighted by molar-refractivity contribution is 5.96. The van der Waals surface area contributed by atoms with Crippen molar-refractivity contribution in [2.45, 2.75) is 65.2 Å². The molecule has 2 unspecified atom stereocenters. The molecule has 1 aliphatic rings. The topological polar surface area (TPSA) is 80.1 Å². The van der Waals surface area contributed by atoms with E-state index in [2.05, 4.69) is 15.4 Å². The van der Waals surface area contributed by atoms with Crippen molar-refractivity contribution in [3.63, 3.8) is 0 Å². The van der Waals surface area contributed by atoms with Crippen molar-refractivity contribution in [1.29, 1.82) is 0 Å². The first-order valence-corrected chi connectivity index (χ1v) is 7.45. The summed E-state index contributed by atoms with van der Waals surface area (Å²) in [5.74, 6) is 0.562. The highest BCUT2D eigenvalue weighted by Crippen LogP contribution is 2.18. The summed E-state index contributed by atoms with van der Waals surface area (Å²) in [5, 5.41) is 6.92. The molecule has 7 nitrogen and oxygen atoms in total. The summed E-state index contributed by atoms with van der Waals surface area (Å²) in [6, 6.07) is -0.740. The minimum atomic E-state index is -0.485. The van der Waals surface area contributed by atoms with E-state index in [0.717, 1.165) is 6.42 Å². The molecule has 0 aliphatic carbocycles. The van der Waals surface area contributed by atoms with E-state index in [1.807, 2.05) is 20.8 Å². The van der Waals surface area contributed by atoms with Crippen molar-refractivity contribution in [3.8, 4) is 0 Å². The molecule has 2 atom stereocenters. The quantitative estimate of drug-likeness (QED) is 0.873. The lowest BCUT2D eigenvalue weighted by molar-refractivity contribution is -0.150. The van der Waals surface area contributed by atoms with Crippen molar-refractivity contribution in [1.82, 2.24) is 25.0 Å². The second-order valence-electron chi connectivity index (χ2n) is 5.72. The fourth-order valence-corrected chi connectivity index (χ4v) is 2.63. The maximum atomic E-state index is 12.4. The van der Waals surface area contributed by atoms with Gasteiger partial charge in [-0.3, -0.25) is 9.59 Å². The van der Waals surface area contributed by atoms with Crippen molar-refractivity contribution in [2.24, 2.45) is 0 Å². The van der Waals surface area contributed by atoms with Crippen LogP contribution in [0.2, 0.25) is 0 Å². The Morgan fingerprint density at radius 3 is 2.71 bits per heavy atom. The van der Waals surface area contributed by atoms with E-state index in [9.17, 15) is 9.59 Å². The third-order valence-corrected chi connectivity index (χ3v) is 3.70. The fraction of sp³-hybridized carbons (Fsp3) is 0.714. The van der Waals surface area contributed by atoms with Crippen molar-refractivity contribution in [2.75, 3.05) is 0 Å². The number of hydrogen-bond acceptors (Lipinski definition) is 4. The predicted molar refractivity (Wildman–Crippen MR) is 77.3 cm³/mol. The number of piperazine rings is 1. The lowest BCUT2D eigenvalue weighted by atomic mass is 10.0. The molecular formula is C14H23N5O2. The molecule has 1 aromatic rings. The van der Waals surface area contributed by atoms with Gasteiger partial charge >= 0.3 is 0 Å². The van der Waals surface area contributed by atoms with E-state index >= 15 is 0 Å². The fourth-order valence-electron chi connectivity index (χ4n) is 2.63. The summed E-state index contributed by atoms with van der Waals surface area (Å²) in [5.41, 5.74) is 0. The number of nitrogens with zero attached hydrogens (tertiary/aromatic N) is 4. The monoisotopic (exact) mass is 293 g/mol. The normalized spacial score (nSPS) is 22.8. The van der Waals surface area contributed by atoms with Gasteiger partial charge in [-0.15, -0.1) is 0 Å². The Kier molecular flexibility index (Phi) is 4.59. The first-order valence-electron chi connectivity index (χ1n) is 7.45. The third-order valence-electron chi connectivity index (χ3n) is 3.70. The van der Waals surface area contributed by atoms with Crippen LogP contribution in [-0.4, -0.2) is 43.6 Å². The lowest BCUT2D eigenvalue weighted by Crippen LogP contribution is -2.62. The molecule has 0 spiro atoms. The second-order valence-corrected chi connectivity index (χ2v) is 5.72. The molecule has 21 heavy (non-hydrogen) atoms. The van der Waals surface area contributed by atoms with Crippen molar-refractivity contribution >= 4 is 11.8 Å². The van der Waals surface area contributed by atoms with Gasteiger partial charge in [-0.25, -0.2) is 9.67 Å². The minimum absolute atomic E-state index is 0.0636. The Morgan fingerprint density at radius 2 is 2.10 bits per heavy atom. The molecule has 1 aromatic heterocycles. The average molecular weight is 293 g/mol. The molecule has 1 fully saturated rings. The number of carbonyl (C=O) groups is 2. The second kappa shape index (κ2) is 6.24. The minimum Gasteiger partial charge on any atom is -0.343 e. The van der Waals surface area contributed by atoms with Gasteiger partial charge in [-0.1, -0.05) is 13.3 Å². The van der Waals surface area contributed by atoms with Gasteiger partial charge in [0.15, 0.2) is 0 Å². The van der Waals surface area contributed by atoms with Gasteiger partial charge in [-0.2, -0.15) is 5.10 Å². The van der Waals surface area contributed by atoms with Gasteiger partial charge in [0.2, 0.25) is 11.8 Å². The highest BCUT2D eigenvalue weighted by atomic mass is 16.2. The van der Waals surface area contributed by atoms with Crippen LogP contribution >= 0.6 is 0 Å². The molecule has 0 radical (unpaired) electrons. The summed E-state index contributed by atoms with van der Waals surface area (Å²) in [6.07, 6.45) is 2.98. The average Bonchev–Trinajstić information content (AvgIpc) is 2.88. The van der Waals surface area contributed by atoms with E-state index < -0.39 is 12.1 Å². The molecule has 0 aromatic carbocycles. The number of hydrogen-bond donors (Lipinski definition) is 1. The molecular weight excluding hydrogens is 270 g/mol. The summed E-state index contributed by atoms with van der Waals surface area (Å²) in [4.78, 5) is 30.4. The van der Waals surface area contributed by atoms with Gasteiger partial charge in [0.25, 0.3) is 0 Å². The Morgan fingerprint density at radius 1 is 1.38 bits per heavy atom. The third kappa shape index (κ3) is 3.06. The van der Waals surface area contributed by atoms with Crippen LogP contribution in [0.4, 0.5) is 0 Å². The largest absolute Gasteiger partial charge is 0.343 e. The smallest absolute Gasteiger partial charge is 0.245 e. The molecule has 116 valence electrons. The molecule has 1 aliphatic heterocycles. The summed E-state index contributed by atoms with van der Waals surface area (Å²) >= 11 is 0. The van der Waals surface area contributed by atoms with Gasteiger partial charge in [0.05, 0.1) is 6.54 Å². The van der Waals surface area contributed by atoms with E-state index in [1.54, 1.807) is 16.5 Å². The first kappa shape index (κ1) is 15.5. The van der Waals surface area contributed by atoms with Gasteiger partial charge in [-0.05, 0) is 27.2 Å². The molecule has 1 saturated heterocycles. The van der Waals surface area contributed by atoms with E-state index in [1.165, 1.54) is 6.33 Å². The zero-order valence-electron chi connectivity index (χ0n) is 13.0. The summed E-state index contributed by atoms with van der Waals surface area (Å²) < 4.78 is 1.79. The Labute approximate surface area is 124 Å². The van der Waals surface area contributed by atoms with Crippen molar-refractivity contribution < 1.29 is 9.59 Å². The number of rotatable bonds is 5. The maximum Gasteiger partial charge on any atom is 0.245 e. The lowest BCUT2D eigenvalue weighted by Gasteiger charge is -2.37. The van der Waals surface area contributed by atoms with Crippen LogP contribution < -0.4 is 5.32 Å². The Bertz CT molecular complexity index is 525. The molecule has 7 heteroatoms. The highest BCUT2D eigenvalue weighted by Gasteiger charge is 2.38. The number of amides is 2. The molecule has 2 rings (SSSR count). The molecule has 0 bridgehead atoms. The first-order chi connectivity index (χ1) is 9.95. The van der Waals surface area contributed by atoms with E-state index in [0.29, 0.717) is 18.8 Å². The predicted octanol–water partition coefficient (Wildman–Crippen LogP) is 0.875. The van der Waals surface area contributed by atoms with Crippen LogP contribution in [0.15, 0.2) is 6.33 Å². The van der Waals surface area contributed by atoms with Gasteiger partial charge in [0.1, 0.15) is 24.2 Å². The standard InChI is InChI=1S/C14H23N5O2/c1-5-6-11-13(20)17-10(4)14(21)18(11)7-12-15-8-16-19(12)9(2)3/h8-11H,5-7H2,1-4H3,(H,17,20). The van der Waals surface area contributed by atoms with Gasteiger partial charge < -0.3 is 10.2 Å². The maximum absolute atomic E-state index is 12.4. The Balaban J connectivity index is 2.26. The van der Waals surface area contributed by atoms with Crippen molar-refractivity contribution in [3.05, 3.63) is 12.2 Å². The van der Waals surface area contributed by atoms with Crippen LogP contribution in [0.5, 0.6) is 0 Å². The van der Waals surface area contributed by atoms with Crippen LogP contribution in [0.25, 0.3) is 0 Å². The number of aromatic nitrogens is 3. The Hall–Kier alpha value is -1.92. The number of nitrogens with one attached hydrogen (secondary N) is 1.